The molecule has 26 heavy (non-hydrogen) atoms. The molecule has 0 fully saturated rings. The minimum absolute atomic E-state index is 0.0508. The lowest BCUT2D eigenvalue weighted by Crippen LogP contribution is -2.24. The second-order valence-corrected chi connectivity index (χ2v) is 7.64. The Kier molecular flexibility index (Phi) is 5.52. The largest absolute Gasteiger partial charge is 0.416 e. The predicted molar refractivity (Wildman–Crippen MR) is 91.7 cm³/mol. The first kappa shape index (κ1) is 20.1. The summed E-state index contributed by atoms with van der Waals surface area (Å²) in [5.41, 5.74) is -0.992. The van der Waals surface area contributed by atoms with Gasteiger partial charge in [0.15, 0.2) is 0 Å². The molecule has 0 aliphatic rings. The highest BCUT2D eigenvalue weighted by molar-refractivity contribution is 7.92. The van der Waals surface area contributed by atoms with Gasteiger partial charge >= 0.3 is 6.18 Å². The van der Waals surface area contributed by atoms with Crippen LogP contribution in [0.3, 0.4) is 0 Å². The van der Waals surface area contributed by atoms with Crippen LogP contribution in [0.15, 0.2) is 47.4 Å². The third-order valence-corrected chi connectivity index (χ3v) is 4.97. The number of nitrogens with zero attached hydrogens (tertiary/aromatic N) is 1. The van der Waals surface area contributed by atoms with Crippen molar-refractivity contribution in [2.75, 3.05) is 18.8 Å². The van der Waals surface area contributed by atoms with Crippen LogP contribution in [0.1, 0.15) is 15.9 Å². The minimum atomic E-state index is -4.58. The molecule has 10 heteroatoms. The van der Waals surface area contributed by atoms with E-state index in [4.69, 9.17) is 11.6 Å². The first-order valence-electron chi connectivity index (χ1n) is 7.13. The van der Waals surface area contributed by atoms with Crippen LogP contribution in [0, 0.1) is 0 Å². The number of anilines is 1. The first-order valence-corrected chi connectivity index (χ1v) is 8.99. The van der Waals surface area contributed by atoms with E-state index in [0.717, 1.165) is 12.1 Å². The maximum Gasteiger partial charge on any atom is 0.416 e. The fourth-order valence-electron chi connectivity index (χ4n) is 2.06. The number of alkyl halides is 3. The average Bonchev–Trinajstić information content (AvgIpc) is 2.53. The van der Waals surface area contributed by atoms with E-state index in [2.05, 4.69) is 4.72 Å². The maximum atomic E-state index is 12.6. The van der Waals surface area contributed by atoms with Crippen molar-refractivity contribution in [3.8, 4) is 0 Å². The van der Waals surface area contributed by atoms with Crippen LogP contribution in [-0.2, 0) is 16.2 Å². The Balaban J connectivity index is 2.41. The molecule has 0 bridgehead atoms. The molecular formula is C16H14ClF3N2O3S. The molecule has 0 saturated carbocycles. The van der Waals surface area contributed by atoms with E-state index in [0.29, 0.717) is 12.1 Å². The van der Waals surface area contributed by atoms with Crippen molar-refractivity contribution >= 4 is 33.2 Å². The number of carbonyl (C=O) groups is 1. The van der Waals surface area contributed by atoms with Crippen LogP contribution in [0.25, 0.3) is 0 Å². The normalized spacial score (nSPS) is 11.9. The van der Waals surface area contributed by atoms with Gasteiger partial charge in [0, 0.05) is 19.1 Å². The Morgan fingerprint density at radius 2 is 1.65 bits per heavy atom. The summed E-state index contributed by atoms with van der Waals surface area (Å²) in [4.78, 5) is 13.0. The van der Waals surface area contributed by atoms with Gasteiger partial charge in [0.25, 0.3) is 15.9 Å². The smallest absolute Gasteiger partial charge is 0.345 e. The highest BCUT2D eigenvalue weighted by atomic mass is 35.5. The van der Waals surface area contributed by atoms with Crippen molar-refractivity contribution in [2.45, 2.75) is 11.1 Å². The van der Waals surface area contributed by atoms with Crippen molar-refractivity contribution in [2.24, 2.45) is 0 Å². The SMILES string of the molecule is CN(C)C(=O)c1ccc(Cl)cc1NS(=O)(=O)c1ccc(C(F)(F)F)cc1. The molecule has 0 radical (unpaired) electrons. The van der Waals surface area contributed by atoms with Gasteiger partial charge in [-0.05, 0) is 42.5 Å². The van der Waals surface area contributed by atoms with Crippen LogP contribution in [0.2, 0.25) is 5.02 Å². The molecule has 1 N–H and O–H groups in total. The van der Waals surface area contributed by atoms with Crippen LogP contribution in [0.4, 0.5) is 18.9 Å². The Labute approximate surface area is 153 Å². The van der Waals surface area contributed by atoms with Crippen molar-refractivity contribution in [3.05, 3.63) is 58.6 Å². The minimum Gasteiger partial charge on any atom is -0.345 e. The fourth-order valence-corrected chi connectivity index (χ4v) is 3.30. The number of sulfonamides is 1. The molecule has 0 saturated heterocycles. The van der Waals surface area contributed by atoms with Gasteiger partial charge in [-0.2, -0.15) is 13.2 Å². The van der Waals surface area contributed by atoms with E-state index in [-0.39, 0.29) is 21.2 Å². The number of carbonyl (C=O) groups excluding carboxylic acids is 1. The summed E-state index contributed by atoms with van der Waals surface area (Å²) in [6, 6.07) is 7.03. The topological polar surface area (TPSA) is 66.5 Å². The van der Waals surface area contributed by atoms with Gasteiger partial charge in [0.1, 0.15) is 0 Å². The zero-order chi connectivity index (χ0) is 19.7. The molecular weight excluding hydrogens is 393 g/mol. The van der Waals surface area contributed by atoms with Gasteiger partial charge in [0.05, 0.1) is 21.7 Å². The summed E-state index contributed by atoms with van der Waals surface area (Å²) in [5, 5.41) is 0.186. The first-order chi connectivity index (χ1) is 11.9. The van der Waals surface area contributed by atoms with Gasteiger partial charge < -0.3 is 4.90 Å². The number of amides is 1. The van der Waals surface area contributed by atoms with Crippen LogP contribution < -0.4 is 4.72 Å². The number of hydrogen-bond donors (Lipinski definition) is 1. The number of hydrogen-bond acceptors (Lipinski definition) is 3. The molecule has 0 heterocycles. The zero-order valence-corrected chi connectivity index (χ0v) is 15.2. The highest BCUT2D eigenvalue weighted by Crippen LogP contribution is 2.30. The third-order valence-electron chi connectivity index (χ3n) is 3.35. The van der Waals surface area contributed by atoms with Crippen molar-refractivity contribution in [1.29, 1.82) is 0 Å². The van der Waals surface area contributed by atoms with Crippen LogP contribution in [0.5, 0.6) is 0 Å². The Bertz CT molecular complexity index is 927. The molecule has 0 aliphatic heterocycles. The molecule has 2 aromatic rings. The number of rotatable bonds is 4. The Morgan fingerprint density at radius 3 is 2.15 bits per heavy atom. The molecule has 0 spiro atoms. The van der Waals surface area contributed by atoms with Crippen LogP contribution >= 0.6 is 11.6 Å². The molecule has 0 atom stereocenters. The average molecular weight is 407 g/mol. The summed E-state index contributed by atoms with van der Waals surface area (Å²) in [6.45, 7) is 0. The van der Waals surface area contributed by atoms with Crippen molar-refractivity contribution in [1.82, 2.24) is 4.90 Å². The van der Waals surface area contributed by atoms with Gasteiger partial charge in [-0.1, -0.05) is 11.6 Å². The molecule has 140 valence electrons. The highest BCUT2D eigenvalue weighted by Gasteiger charge is 2.30. The molecule has 0 unspecified atom stereocenters. The van der Waals surface area contributed by atoms with Crippen molar-refractivity contribution in [3.63, 3.8) is 0 Å². The van der Waals surface area contributed by atoms with Crippen LogP contribution in [-0.4, -0.2) is 33.3 Å². The lowest BCUT2D eigenvalue weighted by Gasteiger charge is -2.16. The molecule has 0 aromatic heterocycles. The summed E-state index contributed by atoms with van der Waals surface area (Å²) >= 11 is 5.86. The van der Waals surface area contributed by atoms with E-state index >= 15 is 0 Å². The lowest BCUT2D eigenvalue weighted by atomic mass is 10.1. The van der Waals surface area contributed by atoms with Gasteiger partial charge in [-0.15, -0.1) is 0 Å². The predicted octanol–water partition coefficient (Wildman–Crippen LogP) is 3.86. The fraction of sp³-hybridized carbons (Fsp3) is 0.188. The van der Waals surface area contributed by atoms with E-state index < -0.39 is 27.7 Å². The van der Waals surface area contributed by atoms with Gasteiger partial charge in [-0.3, -0.25) is 9.52 Å². The maximum absolute atomic E-state index is 12.6. The Morgan fingerprint density at radius 1 is 1.08 bits per heavy atom. The lowest BCUT2D eigenvalue weighted by molar-refractivity contribution is -0.137. The van der Waals surface area contributed by atoms with E-state index in [1.165, 1.54) is 37.2 Å². The summed E-state index contributed by atoms with van der Waals surface area (Å²) in [7, 11) is -1.24. The Hall–Kier alpha value is -2.26. The third kappa shape index (κ3) is 4.47. The number of benzene rings is 2. The van der Waals surface area contributed by atoms with Gasteiger partial charge in [0.2, 0.25) is 0 Å². The number of halogens is 4. The molecule has 2 rings (SSSR count). The van der Waals surface area contributed by atoms with E-state index in [9.17, 15) is 26.4 Å². The number of nitrogens with one attached hydrogen (secondary N) is 1. The second kappa shape index (κ2) is 7.16. The van der Waals surface area contributed by atoms with E-state index in [1.807, 2.05) is 0 Å². The molecule has 1 amide bonds. The quantitative estimate of drug-likeness (QED) is 0.838. The summed E-state index contributed by atoms with van der Waals surface area (Å²) < 4.78 is 64.9. The summed E-state index contributed by atoms with van der Waals surface area (Å²) in [6.07, 6.45) is -4.58. The standard InChI is InChI=1S/C16H14ClF3N2O3S/c1-22(2)15(23)13-8-5-11(17)9-14(13)21-26(24,25)12-6-3-10(4-7-12)16(18,19)20/h3-9,21H,1-2H3. The zero-order valence-electron chi connectivity index (χ0n) is 13.6. The van der Waals surface area contributed by atoms with Crippen molar-refractivity contribution < 1.29 is 26.4 Å². The van der Waals surface area contributed by atoms with E-state index in [1.54, 1.807) is 0 Å². The second-order valence-electron chi connectivity index (χ2n) is 5.52. The molecule has 5 nitrogen and oxygen atoms in total. The summed E-state index contributed by atoms with van der Waals surface area (Å²) in [5.74, 6) is -0.466. The van der Waals surface area contributed by atoms with Gasteiger partial charge in [-0.25, -0.2) is 8.42 Å². The molecule has 0 aliphatic carbocycles. The monoisotopic (exact) mass is 406 g/mol. The molecule has 2 aromatic carbocycles.